The van der Waals surface area contributed by atoms with E-state index in [0.29, 0.717) is 6.54 Å². The summed E-state index contributed by atoms with van der Waals surface area (Å²) in [5.74, 6) is -0.604. The Morgan fingerprint density at radius 3 is 2.50 bits per heavy atom. The van der Waals surface area contributed by atoms with E-state index >= 15 is 0 Å². The lowest BCUT2D eigenvalue weighted by Gasteiger charge is -2.08. The molecule has 0 spiro atoms. The molecule has 1 aliphatic heterocycles. The summed E-state index contributed by atoms with van der Waals surface area (Å²) in [4.78, 5) is 12.3. The second kappa shape index (κ2) is 2.87. The Kier molecular flexibility index (Phi) is 2.20. The SMILES string of the molecule is C=CN1CCC(S(=O)(=O)O)C1=O. The van der Waals surface area contributed by atoms with Crippen molar-refractivity contribution in [1.82, 2.24) is 4.90 Å². The highest BCUT2D eigenvalue weighted by Gasteiger charge is 2.39. The Hall–Kier alpha value is -0.880. The third kappa shape index (κ3) is 1.49. The van der Waals surface area contributed by atoms with Crippen LogP contribution in [0.25, 0.3) is 0 Å². The van der Waals surface area contributed by atoms with E-state index in [-0.39, 0.29) is 6.42 Å². The van der Waals surface area contributed by atoms with Crippen molar-refractivity contribution in [2.24, 2.45) is 0 Å². The fourth-order valence-electron chi connectivity index (χ4n) is 1.13. The molecule has 1 N–H and O–H groups in total. The molecule has 1 heterocycles. The van der Waals surface area contributed by atoms with Crippen molar-refractivity contribution in [2.75, 3.05) is 6.54 Å². The number of rotatable bonds is 2. The predicted octanol–water partition coefficient (Wildman–Crippen LogP) is -0.381. The first-order chi connectivity index (χ1) is 5.46. The van der Waals surface area contributed by atoms with Crippen molar-refractivity contribution in [3.63, 3.8) is 0 Å². The molecule has 0 aromatic rings. The number of nitrogens with zero attached hydrogens (tertiary/aromatic N) is 1. The van der Waals surface area contributed by atoms with Gasteiger partial charge >= 0.3 is 0 Å². The average Bonchev–Trinajstić information content (AvgIpc) is 2.29. The van der Waals surface area contributed by atoms with E-state index in [0.717, 1.165) is 0 Å². The monoisotopic (exact) mass is 191 g/mol. The standard InChI is InChI=1S/C6H9NO4S/c1-2-7-4-3-5(6(7)8)12(9,10)11/h2,5H,1,3-4H2,(H,9,10,11). The minimum atomic E-state index is -4.23. The summed E-state index contributed by atoms with van der Waals surface area (Å²) in [6.07, 6.45) is 1.39. The van der Waals surface area contributed by atoms with Crippen LogP contribution in [0.1, 0.15) is 6.42 Å². The van der Waals surface area contributed by atoms with Gasteiger partial charge in [0.15, 0.2) is 5.25 Å². The van der Waals surface area contributed by atoms with Gasteiger partial charge in [0.25, 0.3) is 10.1 Å². The molecule has 0 aliphatic carbocycles. The van der Waals surface area contributed by atoms with Crippen LogP contribution in [0.4, 0.5) is 0 Å². The quantitative estimate of drug-likeness (QED) is 0.604. The zero-order valence-corrected chi connectivity index (χ0v) is 7.12. The molecule has 0 saturated carbocycles. The summed E-state index contributed by atoms with van der Waals surface area (Å²) in [6, 6.07) is 0. The highest BCUT2D eigenvalue weighted by atomic mass is 32.2. The van der Waals surface area contributed by atoms with E-state index in [1.807, 2.05) is 0 Å². The van der Waals surface area contributed by atoms with Crippen LogP contribution in [0.2, 0.25) is 0 Å². The molecule has 1 atom stereocenters. The zero-order chi connectivity index (χ0) is 9.35. The molecule has 1 saturated heterocycles. The summed E-state index contributed by atoms with van der Waals surface area (Å²) in [6.45, 7) is 3.64. The Bertz CT molecular complexity index is 308. The molecule has 1 amide bonds. The summed E-state index contributed by atoms with van der Waals surface area (Å²) < 4.78 is 29.7. The summed E-state index contributed by atoms with van der Waals surface area (Å²) in [7, 11) is -4.23. The minimum Gasteiger partial charge on any atom is -0.318 e. The fraction of sp³-hybridized carbons (Fsp3) is 0.500. The third-order valence-electron chi connectivity index (χ3n) is 1.77. The Morgan fingerprint density at radius 2 is 2.25 bits per heavy atom. The van der Waals surface area contributed by atoms with E-state index in [9.17, 15) is 13.2 Å². The van der Waals surface area contributed by atoms with Gasteiger partial charge in [-0.3, -0.25) is 9.35 Å². The lowest BCUT2D eigenvalue weighted by molar-refractivity contribution is -0.125. The van der Waals surface area contributed by atoms with Crippen molar-refractivity contribution < 1.29 is 17.8 Å². The number of carbonyl (C=O) groups is 1. The van der Waals surface area contributed by atoms with Crippen molar-refractivity contribution in [3.8, 4) is 0 Å². The lowest BCUT2D eigenvalue weighted by Crippen LogP contribution is -2.30. The van der Waals surface area contributed by atoms with Crippen LogP contribution in [0.5, 0.6) is 0 Å². The maximum atomic E-state index is 11.1. The third-order valence-corrected chi connectivity index (χ3v) is 2.93. The molecule has 6 heteroatoms. The minimum absolute atomic E-state index is 0.129. The molecule has 0 radical (unpaired) electrons. The van der Waals surface area contributed by atoms with Gasteiger partial charge in [0.2, 0.25) is 5.91 Å². The van der Waals surface area contributed by atoms with E-state index in [4.69, 9.17) is 4.55 Å². The lowest BCUT2D eigenvalue weighted by atomic mass is 10.4. The number of hydrogen-bond donors (Lipinski definition) is 1. The Morgan fingerprint density at radius 1 is 1.67 bits per heavy atom. The van der Waals surface area contributed by atoms with Gasteiger partial charge in [-0.1, -0.05) is 6.58 Å². The van der Waals surface area contributed by atoms with Gasteiger partial charge in [-0.2, -0.15) is 8.42 Å². The van der Waals surface area contributed by atoms with E-state index in [2.05, 4.69) is 6.58 Å². The number of likely N-dealkylation sites (tertiary alicyclic amines) is 1. The van der Waals surface area contributed by atoms with Gasteiger partial charge in [-0.15, -0.1) is 0 Å². The fourth-order valence-corrected chi connectivity index (χ4v) is 1.93. The average molecular weight is 191 g/mol. The summed E-state index contributed by atoms with van der Waals surface area (Å²) in [5.41, 5.74) is 0. The Balaban J connectivity index is 2.88. The molecule has 12 heavy (non-hydrogen) atoms. The molecule has 5 nitrogen and oxygen atoms in total. The summed E-state index contributed by atoms with van der Waals surface area (Å²) in [5, 5.41) is -1.30. The number of carbonyl (C=O) groups excluding carboxylic acids is 1. The van der Waals surface area contributed by atoms with Crippen LogP contribution in [0.3, 0.4) is 0 Å². The van der Waals surface area contributed by atoms with Gasteiger partial charge < -0.3 is 4.90 Å². The molecule has 1 aliphatic rings. The molecule has 1 fully saturated rings. The van der Waals surface area contributed by atoms with Crippen LogP contribution < -0.4 is 0 Å². The van der Waals surface area contributed by atoms with Crippen LogP contribution >= 0.6 is 0 Å². The second-order valence-corrected chi connectivity index (χ2v) is 4.11. The van der Waals surface area contributed by atoms with Gasteiger partial charge in [0.1, 0.15) is 0 Å². The maximum Gasteiger partial charge on any atom is 0.277 e. The van der Waals surface area contributed by atoms with E-state index < -0.39 is 21.3 Å². The van der Waals surface area contributed by atoms with E-state index in [1.165, 1.54) is 11.1 Å². The van der Waals surface area contributed by atoms with Crippen molar-refractivity contribution in [1.29, 1.82) is 0 Å². The molecule has 68 valence electrons. The molecule has 1 unspecified atom stereocenters. The highest BCUT2D eigenvalue weighted by Crippen LogP contribution is 2.17. The number of hydrogen-bond acceptors (Lipinski definition) is 3. The molecule has 1 rings (SSSR count). The van der Waals surface area contributed by atoms with Crippen molar-refractivity contribution >= 4 is 16.0 Å². The normalized spacial score (nSPS) is 24.6. The van der Waals surface area contributed by atoms with Gasteiger partial charge in [-0.05, 0) is 12.6 Å². The number of amides is 1. The van der Waals surface area contributed by atoms with E-state index in [1.54, 1.807) is 0 Å². The van der Waals surface area contributed by atoms with Gasteiger partial charge in [-0.25, -0.2) is 0 Å². The molecular weight excluding hydrogens is 182 g/mol. The van der Waals surface area contributed by atoms with Crippen molar-refractivity contribution in [3.05, 3.63) is 12.8 Å². The van der Waals surface area contributed by atoms with Crippen LogP contribution in [-0.2, 0) is 14.9 Å². The molecular formula is C6H9NO4S. The Labute approximate surface area is 70.4 Å². The van der Waals surface area contributed by atoms with Crippen molar-refractivity contribution in [2.45, 2.75) is 11.7 Å². The van der Waals surface area contributed by atoms with Gasteiger partial charge in [0, 0.05) is 6.54 Å². The van der Waals surface area contributed by atoms with Crippen LogP contribution in [0.15, 0.2) is 12.8 Å². The smallest absolute Gasteiger partial charge is 0.277 e. The first-order valence-electron chi connectivity index (χ1n) is 3.36. The zero-order valence-electron chi connectivity index (χ0n) is 6.30. The second-order valence-electron chi connectivity index (χ2n) is 2.51. The van der Waals surface area contributed by atoms with Crippen LogP contribution in [-0.4, -0.2) is 35.6 Å². The molecule has 0 aromatic heterocycles. The summed E-state index contributed by atoms with van der Waals surface area (Å²) >= 11 is 0. The molecule has 0 aromatic carbocycles. The highest BCUT2D eigenvalue weighted by molar-refractivity contribution is 7.87. The maximum absolute atomic E-state index is 11.1. The topological polar surface area (TPSA) is 74.7 Å². The van der Waals surface area contributed by atoms with Gasteiger partial charge in [0.05, 0.1) is 0 Å². The molecule has 0 bridgehead atoms. The first kappa shape index (κ1) is 9.21. The first-order valence-corrected chi connectivity index (χ1v) is 4.86. The predicted molar refractivity (Wildman–Crippen MR) is 41.9 cm³/mol. The largest absolute Gasteiger partial charge is 0.318 e. The van der Waals surface area contributed by atoms with Crippen LogP contribution in [0, 0.1) is 0 Å².